The fourth-order valence-electron chi connectivity index (χ4n) is 5.25. The van der Waals surface area contributed by atoms with Crippen LogP contribution in [0.1, 0.15) is 43.1 Å². The molecule has 232 valence electrons. The average molecular weight is 607 g/mol. The van der Waals surface area contributed by atoms with Gasteiger partial charge >= 0.3 is 12.1 Å². The minimum atomic E-state index is -0.618. The van der Waals surface area contributed by atoms with E-state index in [1.165, 1.54) is 7.11 Å². The van der Waals surface area contributed by atoms with E-state index in [1.54, 1.807) is 19.4 Å². The van der Waals surface area contributed by atoms with E-state index >= 15 is 0 Å². The molecule has 1 aromatic heterocycles. The van der Waals surface area contributed by atoms with Gasteiger partial charge in [-0.3, -0.25) is 4.98 Å². The summed E-state index contributed by atoms with van der Waals surface area (Å²) in [4.78, 5) is 29.7. The molecule has 5 aromatic rings. The second kappa shape index (κ2) is 13.7. The van der Waals surface area contributed by atoms with E-state index in [4.69, 9.17) is 18.9 Å². The number of rotatable bonds is 10. The molecule has 8 heteroatoms. The fourth-order valence-corrected chi connectivity index (χ4v) is 5.25. The lowest BCUT2D eigenvalue weighted by molar-refractivity contribution is 0.0497. The lowest BCUT2D eigenvalue weighted by atomic mass is 9.99. The van der Waals surface area contributed by atoms with E-state index < -0.39 is 17.7 Å². The number of alkyl carbamates (subject to hydrolysis) is 1. The second-order valence-electron chi connectivity index (χ2n) is 11.8. The summed E-state index contributed by atoms with van der Waals surface area (Å²) in [5, 5.41) is 6.04. The molecule has 0 unspecified atom stereocenters. The smallest absolute Gasteiger partial charge is 0.407 e. The third-order valence-electron chi connectivity index (χ3n) is 7.39. The van der Waals surface area contributed by atoms with Gasteiger partial charge in [-0.15, -0.1) is 0 Å². The van der Waals surface area contributed by atoms with Crippen LogP contribution in [0.3, 0.4) is 0 Å². The van der Waals surface area contributed by atoms with Crippen molar-refractivity contribution in [2.24, 2.45) is 0 Å². The summed E-state index contributed by atoms with van der Waals surface area (Å²) in [5.41, 5.74) is 3.27. The number of esters is 1. The number of pyridine rings is 1. The Hall–Kier alpha value is -5.11. The van der Waals surface area contributed by atoms with Crippen LogP contribution in [0.5, 0.6) is 11.5 Å². The van der Waals surface area contributed by atoms with Gasteiger partial charge in [-0.1, -0.05) is 48.5 Å². The molecule has 45 heavy (non-hydrogen) atoms. The van der Waals surface area contributed by atoms with Crippen molar-refractivity contribution < 1.29 is 28.5 Å². The van der Waals surface area contributed by atoms with E-state index in [9.17, 15) is 9.59 Å². The van der Waals surface area contributed by atoms with Crippen molar-refractivity contribution in [1.29, 1.82) is 0 Å². The Kier molecular flexibility index (Phi) is 9.52. The number of methoxy groups -OCH3 is 2. The molecule has 5 rings (SSSR count). The van der Waals surface area contributed by atoms with E-state index in [1.807, 2.05) is 69.3 Å². The van der Waals surface area contributed by atoms with Crippen LogP contribution in [0, 0.1) is 0 Å². The number of hydrogen-bond acceptors (Lipinski definition) is 7. The van der Waals surface area contributed by atoms with Gasteiger partial charge in [-0.2, -0.15) is 0 Å². The van der Waals surface area contributed by atoms with Crippen LogP contribution in [0.15, 0.2) is 91.1 Å². The predicted octanol–water partition coefficient (Wildman–Crippen LogP) is 7.76. The standard InChI is InChI=1S/C37H38N2O6/c1-37(2,3)45-36(41)39-28(21-24-10-11-25-8-6-7-9-26(25)20-24)17-19-44-34-23-29(42-4)13-14-30(34)27-12-15-33-32(22-27)31(16-18-38-33)35(40)43-5/h6-16,18,20,22-23,28H,17,19,21H2,1-5H3,(H,39,41)/t28-/m0/s1. The van der Waals surface area contributed by atoms with Gasteiger partial charge in [-0.05, 0) is 79.4 Å². The summed E-state index contributed by atoms with van der Waals surface area (Å²) in [5.74, 6) is 0.825. The third-order valence-corrected chi connectivity index (χ3v) is 7.39. The van der Waals surface area contributed by atoms with Crippen LogP contribution >= 0.6 is 0 Å². The topological polar surface area (TPSA) is 96.0 Å². The predicted molar refractivity (Wildman–Crippen MR) is 176 cm³/mol. The first-order valence-electron chi connectivity index (χ1n) is 14.9. The van der Waals surface area contributed by atoms with Gasteiger partial charge in [0.25, 0.3) is 0 Å². The first-order valence-corrected chi connectivity index (χ1v) is 14.9. The molecular formula is C37H38N2O6. The van der Waals surface area contributed by atoms with Crippen LogP contribution in [0.25, 0.3) is 32.8 Å². The number of benzene rings is 4. The van der Waals surface area contributed by atoms with Crippen molar-refractivity contribution in [2.75, 3.05) is 20.8 Å². The summed E-state index contributed by atoms with van der Waals surface area (Å²) in [6.45, 7) is 5.84. The number of fused-ring (bicyclic) bond motifs is 2. The van der Waals surface area contributed by atoms with E-state index in [-0.39, 0.29) is 6.04 Å². The SMILES string of the molecule is COC(=O)c1ccnc2ccc(-c3ccc(OC)cc3OCC[C@@H](Cc3ccc4ccccc4c3)NC(=O)OC(C)(C)C)cc12. The van der Waals surface area contributed by atoms with Crippen LogP contribution < -0.4 is 14.8 Å². The molecule has 1 N–H and O–H groups in total. The molecule has 0 saturated carbocycles. The Bertz CT molecular complexity index is 1830. The maximum atomic E-state index is 12.8. The molecular weight excluding hydrogens is 568 g/mol. The van der Waals surface area contributed by atoms with Gasteiger partial charge < -0.3 is 24.3 Å². The van der Waals surface area contributed by atoms with Crippen molar-refractivity contribution in [1.82, 2.24) is 10.3 Å². The molecule has 4 aromatic carbocycles. The highest BCUT2D eigenvalue weighted by Crippen LogP contribution is 2.35. The van der Waals surface area contributed by atoms with Crippen molar-refractivity contribution in [3.8, 4) is 22.6 Å². The minimum Gasteiger partial charge on any atom is -0.497 e. The number of aromatic nitrogens is 1. The zero-order valence-electron chi connectivity index (χ0n) is 26.3. The number of nitrogens with one attached hydrogen (secondary N) is 1. The molecule has 0 radical (unpaired) electrons. The number of nitrogens with zero attached hydrogens (tertiary/aromatic N) is 1. The van der Waals surface area contributed by atoms with Gasteiger partial charge in [-0.25, -0.2) is 9.59 Å². The van der Waals surface area contributed by atoms with Crippen molar-refractivity contribution in [3.63, 3.8) is 0 Å². The highest BCUT2D eigenvalue weighted by atomic mass is 16.6. The summed E-state index contributed by atoms with van der Waals surface area (Å²) >= 11 is 0. The van der Waals surface area contributed by atoms with Gasteiger partial charge in [0.2, 0.25) is 0 Å². The summed E-state index contributed by atoms with van der Waals surface area (Å²) in [7, 11) is 2.96. The Morgan fingerprint density at radius 3 is 2.44 bits per heavy atom. The van der Waals surface area contributed by atoms with Gasteiger partial charge in [0, 0.05) is 35.7 Å². The normalized spacial score (nSPS) is 12.0. The van der Waals surface area contributed by atoms with Crippen LogP contribution in [-0.4, -0.2) is 49.5 Å². The zero-order valence-corrected chi connectivity index (χ0v) is 26.3. The van der Waals surface area contributed by atoms with Gasteiger partial charge in [0.15, 0.2) is 0 Å². The largest absolute Gasteiger partial charge is 0.497 e. The molecule has 1 atom stereocenters. The van der Waals surface area contributed by atoms with Crippen LogP contribution in [0.4, 0.5) is 4.79 Å². The fraction of sp³-hybridized carbons (Fsp3) is 0.270. The number of hydrogen-bond donors (Lipinski definition) is 1. The number of carbonyl (C=O) groups is 2. The first-order chi connectivity index (χ1) is 21.6. The molecule has 0 aliphatic rings. The quantitative estimate of drug-likeness (QED) is 0.162. The zero-order chi connectivity index (χ0) is 32.0. The maximum absolute atomic E-state index is 12.8. The van der Waals surface area contributed by atoms with E-state index in [0.29, 0.717) is 47.4 Å². The molecule has 1 amide bonds. The van der Waals surface area contributed by atoms with Crippen LogP contribution in [-0.2, 0) is 15.9 Å². The van der Waals surface area contributed by atoms with E-state index in [0.717, 1.165) is 27.5 Å². The summed E-state index contributed by atoms with van der Waals surface area (Å²) in [6, 6.07) is 27.3. The monoisotopic (exact) mass is 606 g/mol. The highest BCUT2D eigenvalue weighted by molar-refractivity contribution is 6.04. The second-order valence-corrected chi connectivity index (χ2v) is 11.8. The molecule has 0 fully saturated rings. The molecule has 0 saturated heterocycles. The first kappa shape index (κ1) is 31.3. The maximum Gasteiger partial charge on any atom is 0.407 e. The van der Waals surface area contributed by atoms with Gasteiger partial charge in [0.1, 0.15) is 17.1 Å². The number of amides is 1. The lowest BCUT2D eigenvalue weighted by Crippen LogP contribution is -2.41. The Balaban J connectivity index is 1.39. The molecule has 0 spiro atoms. The van der Waals surface area contributed by atoms with Gasteiger partial charge in [0.05, 0.1) is 31.9 Å². The van der Waals surface area contributed by atoms with Crippen molar-refractivity contribution >= 4 is 33.7 Å². The average Bonchev–Trinajstić information content (AvgIpc) is 3.02. The molecule has 0 aliphatic heterocycles. The summed E-state index contributed by atoms with van der Waals surface area (Å²) < 4.78 is 22.4. The molecule has 0 bridgehead atoms. The number of carbonyl (C=O) groups excluding carboxylic acids is 2. The third kappa shape index (κ3) is 7.89. The van der Waals surface area contributed by atoms with Crippen molar-refractivity contribution in [3.05, 3.63) is 102 Å². The lowest BCUT2D eigenvalue weighted by Gasteiger charge is -2.24. The Morgan fingerprint density at radius 2 is 1.69 bits per heavy atom. The highest BCUT2D eigenvalue weighted by Gasteiger charge is 2.21. The molecule has 1 heterocycles. The molecule has 0 aliphatic carbocycles. The summed E-state index contributed by atoms with van der Waals surface area (Å²) in [6.07, 6.45) is 2.25. The minimum absolute atomic E-state index is 0.246. The Labute approximate surface area is 263 Å². The van der Waals surface area contributed by atoms with Crippen molar-refractivity contribution in [2.45, 2.75) is 45.3 Å². The molecule has 8 nitrogen and oxygen atoms in total. The number of ether oxygens (including phenoxy) is 4. The van der Waals surface area contributed by atoms with E-state index in [2.05, 4.69) is 40.6 Å². The Morgan fingerprint density at radius 1 is 0.889 bits per heavy atom. The van der Waals surface area contributed by atoms with Crippen LogP contribution in [0.2, 0.25) is 0 Å².